The minimum Gasteiger partial charge on any atom is -0.381 e. The molecule has 2 heterocycles. The first-order chi connectivity index (χ1) is 9.73. The highest BCUT2D eigenvalue weighted by molar-refractivity contribution is 5.05. The van der Waals surface area contributed by atoms with Crippen LogP contribution in [0.5, 0.6) is 0 Å². The lowest BCUT2D eigenvalue weighted by Gasteiger charge is -2.26. The minimum atomic E-state index is 0.239. The van der Waals surface area contributed by atoms with Gasteiger partial charge in [-0.05, 0) is 31.9 Å². The second kappa shape index (κ2) is 7.23. The van der Waals surface area contributed by atoms with Crippen molar-refractivity contribution < 1.29 is 4.74 Å². The summed E-state index contributed by atoms with van der Waals surface area (Å²) in [5.41, 5.74) is 1.45. The van der Waals surface area contributed by atoms with Crippen molar-refractivity contribution >= 4 is 0 Å². The molecule has 1 aliphatic heterocycles. The fourth-order valence-electron chi connectivity index (χ4n) is 3.10. The second-order valence-corrected chi connectivity index (χ2v) is 6.02. The lowest BCUT2D eigenvalue weighted by atomic mass is 9.82. The fraction of sp³-hybridized carbons (Fsp3) is 0.812. The van der Waals surface area contributed by atoms with Crippen molar-refractivity contribution in [2.45, 2.75) is 52.5 Å². The Morgan fingerprint density at radius 2 is 2.20 bits per heavy atom. The van der Waals surface area contributed by atoms with Crippen molar-refractivity contribution in [1.82, 2.24) is 15.1 Å². The van der Waals surface area contributed by atoms with Crippen LogP contribution in [0.4, 0.5) is 0 Å². The molecule has 1 unspecified atom stereocenters. The highest BCUT2D eigenvalue weighted by Gasteiger charge is 2.35. The predicted octanol–water partition coefficient (Wildman–Crippen LogP) is 2.80. The topological polar surface area (TPSA) is 39.1 Å². The molecule has 2 rings (SSSR count). The lowest BCUT2D eigenvalue weighted by molar-refractivity contribution is 0.149. The van der Waals surface area contributed by atoms with Crippen molar-refractivity contribution in [2.24, 2.45) is 5.41 Å². The van der Waals surface area contributed by atoms with Crippen LogP contribution in [-0.4, -0.2) is 36.1 Å². The number of nitrogens with zero attached hydrogens (tertiary/aromatic N) is 2. The summed E-state index contributed by atoms with van der Waals surface area (Å²) in [6.45, 7) is 10.4. The maximum atomic E-state index is 5.65. The van der Waals surface area contributed by atoms with E-state index in [-0.39, 0.29) is 5.41 Å². The number of hydrogen-bond donors (Lipinski definition) is 1. The lowest BCUT2D eigenvalue weighted by Crippen LogP contribution is -2.36. The van der Waals surface area contributed by atoms with E-state index in [1.165, 1.54) is 5.69 Å². The Balaban J connectivity index is 2.03. The van der Waals surface area contributed by atoms with Gasteiger partial charge in [0, 0.05) is 31.2 Å². The molecule has 1 N–H and O–H groups in total. The number of aromatic nitrogens is 2. The zero-order valence-corrected chi connectivity index (χ0v) is 13.2. The van der Waals surface area contributed by atoms with Crippen LogP contribution < -0.4 is 5.32 Å². The van der Waals surface area contributed by atoms with Gasteiger partial charge in [-0.2, -0.15) is 5.10 Å². The van der Waals surface area contributed by atoms with Gasteiger partial charge in [0.2, 0.25) is 0 Å². The SMILES string of the molecule is CCNCC1(Cc2ccn(C(CC)CC)n2)CCOC1. The molecule has 4 heteroatoms. The van der Waals surface area contributed by atoms with Crippen molar-refractivity contribution in [3.63, 3.8) is 0 Å². The molecule has 0 bridgehead atoms. The molecule has 0 aliphatic carbocycles. The summed E-state index contributed by atoms with van der Waals surface area (Å²) in [6, 6.07) is 2.72. The van der Waals surface area contributed by atoms with E-state index in [0.717, 1.165) is 52.0 Å². The normalized spacial score (nSPS) is 22.8. The van der Waals surface area contributed by atoms with Gasteiger partial charge < -0.3 is 10.1 Å². The van der Waals surface area contributed by atoms with Crippen LogP contribution >= 0.6 is 0 Å². The van der Waals surface area contributed by atoms with E-state index < -0.39 is 0 Å². The zero-order valence-electron chi connectivity index (χ0n) is 13.2. The van der Waals surface area contributed by atoms with Crippen molar-refractivity contribution in [3.05, 3.63) is 18.0 Å². The van der Waals surface area contributed by atoms with E-state index in [1.54, 1.807) is 0 Å². The van der Waals surface area contributed by atoms with Crippen LogP contribution in [0.15, 0.2) is 12.3 Å². The molecule has 0 aromatic carbocycles. The summed E-state index contributed by atoms with van der Waals surface area (Å²) in [4.78, 5) is 0. The van der Waals surface area contributed by atoms with Crippen LogP contribution in [0.2, 0.25) is 0 Å². The molecular formula is C16H29N3O. The maximum absolute atomic E-state index is 5.65. The molecule has 1 aromatic rings. The molecule has 1 atom stereocenters. The summed E-state index contributed by atoms with van der Waals surface area (Å²) >= 11 is 0. The Hall–Kier alpha value is -0.870. The molecule has 0 radical (unpaired) electrons. The molecule has 1 fully saturated rings. The van der Waals surface area contributed by atoms with E-state index in [2.05, 4.69) is 43.0 Å². The average molecular weight is 279 g/mol. The third kappa shape index (κ3) is 3.61. The van der Waals surface area contributed by atoms with Crippen molar-refractivity contribution in [3.8, 4) is 0 Å². The Kier molecular flexibility index (Phi) is 5.61. The molecule has 0 spiro atoms. The molecule has 0 amide bonds. The standard InChI is InChI=1S/C16H29N3O/c1-4-15(5-2)19-9-7-14(18-19)11-16(12-17-6-3)8-10-20-13-16/h7,9,15,17H,4-6,8,10-13H2,1-3H3. The van der Waals surface area contributed by atoms with Gasteiger partial charge in [-0.1, -0.05) is 20.8 Å². The van der Waals surface area contributed by atoms with Crippen LogP contribution in [0.1, 0.15) is 51.8 Å². The fourth-order valence-corrected chi connectivity index (χ4v) is 3.10. The van der Waals surface area contributed by atoms with Gasteiger partial charge in [0.05, 0.1) is 18.3 Å². The van der Waals surface area contributed by atoms with Crippen molar-refractivity contribution in [1.29, 1.82) is 0 Å². The zero-order chi connectivity index (χ0) is 14.4. The Morgan fingerprint density at radius 3 is 2.80 bits per heavy atom. The smallest absolute Gasteiger partial charge is 0.0631 e. The first-order valence-corrected chi connectivity index (χ1v) is 8.05. The third-order valence-electron chi connectivity index (χ3n) is 4.47. The largest absolute Gasteiger partial charge is 0.381 e. The van der Waals surface area contributed by atoms with Crippen LogP contribution in [0.3, 0.4) is 0 Å². The summed E-state index contributed by atoms with van der Waals surface area (Å²) < 4.78 is 7.80. The van der Waals surface area contributed by atoms with Gasteiger partial charge in [-0.3, -0.25) is 4.68 Å². The molecule has 1 saturated heterocycles. The third-order valence-corrected chi connectivity index (χ3v) is 4.47. The molecular weight excluding hydrogens is 250 g/mol. The molecule has 114 valence electrons. The first kappa shape index (κ1) is 15.5. The average Bonchev–Trinajstić information content (AvgIpc) is 3.09. The van der Waals surface area contributed by atoms with Crippen LogP contribution in [0, 0.1) is 5.41 Å². The Bertz CT molecular complexity index is 392. The summed E-state index contributed by atoms with van der Waals surface area (Å²) in [5.74, 6) is 0. The number of ether oxygens (including phenoxy) is 1. The van der Waals surface area contributed by atoms with Gasteiger partial charge in [-0.15, -0.1) is 0 Å². The molecule has 0 saturated carbocycles. The van der Waals surface area contributed by atoms with Crippen LogP contribution in [-0.2, 0) is 11.2 Å². The molecule has 4 nitrogen and oxygen atoms in total. The summed E-state index contributed by atoms with van der Waals surface area (Å²) in [5, 5.41) is 8.29. The summed E-state index contributed by atoms with van der Waals surface area (Å²) in [6.07, 6.45) is 6.58. The first-order valence-electron chi connectivity index (χ1n) is 8.05. The van der Waals surface area contributed by atoms with Gasteiger partial charge in [0.15, 0.2) is 0 Å². The van der Waals surface area contributed by atoms with Gasteiger partial charge >= 0.3 is 0 Å². The number of nitrogens with one attached hydrogen (secondary N) is 1. The van der Waals surface area contributed by atoms with Crippen LogP contribution in [0.25, 0.3) is 0 Å². The van der Waals surface area contributed by atoms with Crippen molar-refractivity contribution in [2.75, 3.05) is 26.3 Å². The molecule has 20 heavy (non-hydrogen) atoms. The minimum absolute atomic E-state index is 0.239. The van der Waals surface area contributed by atoms with E-state index in [1.807, 2.05) is 0 Å². The van der Waals surface area contributed by atoms with Gasteiger partial charge in [0.25, 0.3) is 0 Å². The monoisotopic (exact) mass is 279 g/mol. The van der Waals surface area contributed by atoms with E-state index >= 15 is 0 Å². The summed E-state index contributed by atoms with van der Waals surface area (Å²) in [7, 11) is 0. The predicted molar refractivity (Wildman–Crippen MR) is 82.0 cm³/mol. The molecule has 1 aromatic heterocycles. The van der Waals surface area contributed by atoms with Gasteiger partial charge in [-0.25, -0.2) is 0 Å². The Morgan fingerprint density at radius 1 is 1.40 bits per heavy atom. The Labute approximate surface area is 122 Å². The second-order valence-electron chi connectivity index (χ2n) is 6.02. The maximum Gasteiger partial charge on any atom is 0.0631 e. The van der Waals surface area contributed by atoms with E-state index in [4.69, 9.17) is 9.84 Å². The van der Waals surface area contributed by atoms with E-state index in [9.17, 15) is 0 Å². The molecule has 1 aliphatic rings. The van der Waals surface area contributed by atoms with E-state index in [0.29, 0.717) is 6.04 Å². The quantitative estimate of drug-likeness (QED) is 0.795. The number of hydrogen-bond acceptors (Lipinski definition) is 3. The van der Waals surface area contributed by atoms with Gasteiger partial charge in [0.1, 0.15) is 0 Å². The highest BCUT2D eigenvalue weighted by atomic mass is 16.5. The highest BCUT2D eigenvalue weighted by Crippen LogP contribution is 2.32. The number of rotatable bonds is 8.